The van der Waals surface area contributed by atoms with Crippen LogP contribution in [0, 0.1) is 0 Å². The third-order valence-corrected chi connectivity index (χ3v) is 2.16. The minimum Gasteiger partial charge on any atom is -0.374 e. The van der Waals surface area contributed by atoms with Crippen LogP contribution in [-0.2, 0) is 16.1 Å². The molecule has 0 spiro atoms. The number of hydrogen-bond donors (Lipinski definition) is 2. The number of amides is 1. The topological polar surface area (TPSA) is 90.1 Å². The molecule has 0 aliphatic carbocycles. The monoisotopic (exact) mass is 258 g/mol. The lowest BCUT2D eigenvalue weighted by molar-refractivity contribution is -0.118. The zero-order valence-corrected chi connectivity index (χ0v) is 10.5. The Bertz CT molecular complexity index is 400. The number of rotatable bonds is 6. The summed E-state index contributed by atoms with van der Waals surface area (Å²) in [5.74, 6) is 0.440. The van der Waals surface area contributed by atoms with Crippen LogP contribution in [0.5, 0.6) is 0 Å². The van der Waals surface area contributed by atoms with Crippen molar-refractivity contribution < 1.29 is 9.53 Å². The standard InChI is InChI=1S/C10H15ClN4O2/c1-3-17-5-9-14-7(11)4-8(15-9)13-6(2)10(12)16/h4,6H,3,5H2,1-2H3,(H2,12,16)(H,13,14,15). The van der Waals surface area contributed by atoms with Crippen LogP contribution < -0.4 is 11.1 Å². The number of carbonyl (C=O) groups is 1. The molecule has 17 heavy (non-hydrogen) atoms. The molecular weight excluding hydrogens is 244 g/mol. The van der Waals surface area contributed by atoms with E-state index < -0.39 is 11.9 Å². The maximum atomic E-state index is 10.9. The highest BCUT2D eigenvalue weighted by molar-refractivity contribution is 6.29. The van der Waals surface area contributed by atoms with Crippen molar-refractivity contribution in [3.63, 3.8) is 0 Å². The van der Waals surface area contributed by atoms with E-state index in [0.717, 1.165) is 0 Å². The van der Waals surface area contributed by atoms with Crippen molar-refractivity contribution in [3.8, 4) is 0 Å². The molecule has 7 heteroatoms. The van der Waals surface area contributed by atoms with E-state index in [-0.39, 0.29) is 11.8 Å². The lowest BCUT2D eigenvalue weighted by Crippen LogP contribution is -2.32. The van der Waals surface area contributed by atoms with Crippen LogP contribution in [0.4, 0.5) is 5.82 Å². The van der Waals surface area contributed by atoms with Crippen molar-refractivity contribution in [2.45, 2.75) is 26.5 Å². The number of primary amides is 1. The normalized spacial score (nSPS) is 12.2. The number of ether oxygens (including phenoxy) is 1. The molecule has 0 bridgehead atoms. The van der Waals surface area contributed by atoms with Gasteiger partial charge < -0.3 is 15.8 Å². The minimum atomic E-state index is -0.527. The van der Waals surface area contributed by atoms with Crippen molar-refractivity contribution >= 4 is 23.3 Å². The molecular formula is C10H15ClN4O2. The summed E-state index contributed by atoms with van der Waals surface area (Å²) in [6, 6.07) is 0.997. The first kappa shape index (κ1) is 13.7. The maximum Gasteiger partial charge on any atom is 0.239 e. The van der Waals surface area contributed by atoms with Gasteiger partial charge >= 0.3 is 0 Å². The van der Waals surface area contributed by atoms with Gasteiger partial charge in [-0.15, -0.1) is 0 Å². The fraction of sp³-hybridized carbons (Fsp3) is 0.500. The molecule has 1 atom stereocenters. The van der Waals surface area contributed by atoms with Gasteiger partial charge in [0.25, 0.3) is 0 Å². The van der Waals surface area contributed by atoms with Gasteiger partial charge in [0, 0.05) is 12.7 Å². The second kappa shape index (κ2) is 6.36. The zero-order valence-electron chi connectivity index (χ0n) is 9.74. The number of aromatic nitrogens is 2. The summed E-state index contributed by atoms with van der Waals surface area (Å²) in [5, 5.41) is 3.12. The van der Waals surface area contributed by atoms with E-state index >= 15 is 0 Å². The fourth-order valence-corrected chi connectivity index (χ4v) is 1.29. The molecule has 0 aliphatic rings. The van der Waals surface area contributed by atoms with E-state index in [9.17, 15) is 4.79 Å². The summed E-state index contributed by atoms with van der Waals surface area (Å²) in [5.41, 5.74) is 5.14. The molecule has 1 aromatic rings. The Morgan fingerprint density at radius 3 is 2.94 bits per heavy atom. The van der Waals surface area contributed by atoms with E-state index in [1.807, 2.05) is 6.92 Å². The van der Waals surface area contributed by atoms with E-state index in [1.54, 1.807) is 6.92 Å². The van der Waals surface area contributed by atoms with Gasteiger partial charge in [-0.2, -0.15) is 0 Å². The van der Waals surface area contributed by atoms with Gasteiger partial charge in [-0.1, -0.05) is 11.6 Å². The lowest BCUT2D eigenvalue weighted by Gasteiger charge is -2.11. The predicted octanol–water partition coefficient (Wildman–Crippen LogP) is 0.952. The highest BCUT2D eigenvalue weighted by Gasteiger charge is 2.10. The summed E-state index contributed by atoms with van der Waals surface area (Å²) in [7, 11) is 0. The molecule has 0 aliphatic heterocycles. The second-order valence-electron chi connectivity index (χ2n) is 3.40. The summed E-state index contributed by atoms with van der Waals surface area (Å²) in [6.45, 7) is 4.35. The minimum absolute atomic E-state index is 0.274. The molecule has 6 nitrogen and oxygen atoms in total. The average molecular weight is 259 g/mol. The quantitative estimate of drug-likeness (QED) is 0.742. The maximum absolute atomic E-state index is 10.9. The molecule has 0 saturated heterocycles. The first-order chi connectivity index (χ1) is 8.02. The van der Waals surface area contributed by atoms with Gasteiger partial charge in [0.05, 0.1) is 0 Å². The van der Waals surface area contributed by atoms with Crippen LogP contribution in [0.2, 0.25) is 5.15 Å². The molecule has 94 valence electrons. The van der Waals surface area contributed by atoms with Crippen LogP contribution in [0.25, 0.3) is 0 Å². The van der Waals surface area contributed by atoms with Gasteiger partial charge in [-0.25, -0.2) is 9.97 Å². The summed E-state index contributed by atoms with van der Waals surface area (Å²) in [4.78, 5) is 19.1. The number of nitrogens with zero attached hydrogens (tertiary/aromatic N) is 2. The Morgan fingerprint density at radius 1 is 1.65 bits per heavy atom. The molecule has 1 heterocycles. The summed E-state index contributed by atoms with van der Waals surface area (Å²) < 4.78 is 5.18. The highest BCUT2D eigenvalue weighted by Crippen LogP contribution is 2.13. The van der Waals surface area contributed by atoms with Gasteiger partial charge in [0.2, 0.25) is 5.91 Å². The molecule has 3 N–H and O–H groups in total. The Labute approximate surface area is 105 Å². The van der Waals surface area contributed by atoms with Gasteiger partial charge in [0.15, 0.2) is 5.82 Å². The molecule has 1 rings (SSSR count). The SMILES string of the molecule is CCOCc1nc(Cl)cc(NC(C)C(N)=O)n1. The average Bonchev–Trinajstić information content (AvgIpc) is 2.25. The Morgan fingerprint density at radius 2 is 2.35 bits per heavy atom. The van der Waals surface area contributed by atoms with Crippen LogP contribution in [0.1, 0.15) is 19.7 Å². The van der Waals surface area contributed by atoms with Crippen molar-refractivity contribution in [1.29, 1.82) is 0 Å². The first-order valence-corrected chi connectivity index (χ1v) is 5.57. The predicted molar refractivity (Wildman–Crippen MR) is 64.7 cm³/mol. The van der Waals surface area contributed by atoms with E-state index in [0.29, 0.717) is 18.2 Å². The molecule has 0 radical (unpaired) electrons. The third kappa shape index (κ3) is 4.54. The molecule has 1 amide bonds. The van der Waals surface area contributed by atoms with E-state index in [2.05, 4.69) is 15.3 Å². The summed E-state index contributed by atoms with van der Waals surface area (Å²) >= 11 is 5.83. The number of carbonyl (C=O) groups excluding carboxylic acids is 1. The van der Waals surface area contributed by atoms with E-state index in [4.69, 9.17) is 22.1 Å². The zero-order chi connectivity index (χ0) is 12.8. The Hall–Kier alpha value is -1.40. The smallest absolute Gasteiger partial charge is 0.239 e. The molecule has 0 saturated carbocycles. The van der Waals surface area contributed by atoms with Gasteiger partial charge in [-0.3, -0.25) is 4.79 Å². The van der Waals surface area contributed by atoms with Crippen LogP contribution in [0.15, 0.2) is 6.07 Å². The Balaban J connectivity index is 2.78. The van der Waals surface area contributed by atoms with Crippen molar-refractivity contribution in [2.24, 2.45) is 5.73 Å². The number of nitrogens with two attached hydrogens (primary N) is 1. The number of anilines is 1. The third-order valence-electron chi connectivity index (χ3n) is 1.97. The number of hydrogen-bond acceptors (Lipinski definition) is 5. The van der Waals surface area contributed by atoms with Crippen molar-refractivity contribution in [1.82, 2.24) is 9.97 Å². The Kier molecular flexibility index (Phi) is 5.11. The highest BCUT2D eigenvalue weighted by atomic mass is 35.5. The van der Waals surface area contributed by atoms with Crippen LogP contribution >= 0.6 is 11.6 Å². The molecule has 0 aromatic carbocycles. The van der Waals surface area contributed by atoms with Crippen LogP contribution in [-0.4, -0.2) is 28.5 Å². The number of nitrogens with one attached hydrogen (secondary N) is 1. The van der Waals surface area contributed by atoms with Gasteiger partial charge in [0.1, 0.15) is 23.6 Å². The molecule has 0 fully saturated rings. The fourth-order valence-electron chi connectivity index (χ4n) is 1.09. The van der Waals surface area contributed by atoms with E-state index in [1.165, 1.54) is 6.07 Å². The molecule has 1 aromatic heterocycles. The van der Waals surface area contributed by atoms with Crippen molar-refractivity contribution in [3.05, 3.63) is 17.0 Å². The van der Waals surface area contributed by atoms with Gasteiger partial charge in [-0.05, 0) is 13.8 Å². The van der Waals surface area contributed by atoms with Crippen LogP contribution in [0.3, 0.4) is 0 Å². The first-order valence-electron chi connectivity index (χ1n) is 5.20. The summed E-state index contributed by atoms with van der Waals surface area (Å²) in [6.07, 6.45) is 0. The molecule has 1 unspecified atom stereocenters. The largest absolute Gasteiger partial charge is 0.374 e. The second-order valence-corrected chi connectivity index (χ2v) is 3.78. The van der Waals surface area contributed by atoms with Crippen molar-refractivity contribution in [2.75, 3.05) is 11.9 Å². The lowest BCUT2D eigenvalue weighted by atomic mass is 10.3. The number of halogens is 1.